The molecule has 0 bridgehead atoms. The standard InChI is InChI=1S/C17H20O3/c1-2-19-16(18)20-17(12-7-4-8-13-17)14-11-15-9-5-3-6-10-15/h3,5-6,9-10H,2,4,7-8,12-13H2,1H3. The van der Waals surface area contributed by atoms with Crippen molar-refractivity contribution in [1.82, 2.24) is 0 Å². The first-order valence-corrected chi connectivity index (χ1v) is 7.18. The van der Waals surface area contributed by atoms with E-state index in [1.807, 2.05) is 30.3 Å². The molecule has 1 aliphatic carbocycles. The molecule has 106 valence electrons. The van der Waals surface area contributed by atoms with E-state index in [-0.39, 0.29) is 0 Å². The number of benzene rings is 1. The largest absolute Gasteiger partial charge is 0.509 e. The number of hydrogen-bond donors (Lipinski definition) is 0. The molecule has 2 rings (SSSR count). The Balaban J connectivity index is 2.15. The predicted octanol–water partition coefficient (Wildman–Crippen LogP) is 3.91. The van der Waals surface area contributed by atoms with Crippen LogP contribution in [0.15, 0.2) is 30.3 Å². The molecule has 0 N–H and O–H groups in total. The highest BCUT2D eigenvalue weighted by Gasteiger charge is 2.34. The normalized spacial score (nSPS) is 16.6. The van der Waals surface area contributed by atoms with Gasteiger partial charge in [0.15, 0.2) is 5.60 Å². The lowest BCUT2D eigenvalue weighted by atomic mass is 9.85. The minimum absolute atomic E-state index is 0.320. The van der Waals surface area contributed by atoms with E-state index < -0.39 is 11.8 Å². The van der Waals surface area contributed by atoms with Crippen molar-refractivity contribution in [3.8, 4) is 11.8 Å². The minimum atomic E-state index is -0.680. The van der Waals surface area contributed by atoms with Gasteiger partial charge in [-0.2, -0.15) is 0 Å². The van der Waals surface area contributed by atoms with E-state index >= 15 is 0 Å². The summed E-state index contributed by atoms with van der Waals surface area (Å²) in [5.74, 6) is 6.29. The van der Waals surface area contributed by atoms with Crippen molar-refractivity contribution in [2.45, 2.75) is 44.6 Å². The SMILES string of the molecule is CCOC(=O)OC1(C#Cc2ccccc2)CCCCC1. The Morgan fingerprint density at radius 3 is 2.55 bits per heavy atom. The zero-order valence-corrected chi connectivity index (χ0v) is 11.9. The van der Waals surface area contributed by atoms with Crippen LogP contribution >= 0.6 is 0 Å². The van der Waals surface area contributed by atoms with Gasteiger partial charge >= 0.3 is 6.16 Å². The van der Waals surface area contributed by atoms with Gasteiger partial charge in [0.2, 0.25) is 0 Å². The summed E-state index contributed by atoms with van der Waals surface area (Å²) in [5.41, 5.74) is 0.255. The number of carbonyl (C=O) groups excluding carboxylic acids is 1. The minimum Gasteiger partial charge on any atom is -0.435 e. The quantitative estimate of drug-likeness (QED) is 0.605. The van der Waals surface area contributed by atoms with Crippen LogP contribution in [-0.2, 0) is 9.47 Å². The molecule has 0 heterocycles. The lowest BCUT2D eigenvalue weighted by Crippen LogP contribution is -2.36. The zero-order valence-electron chi connectivity index (χ0n) is 11.9. The summed E-state index contributed by atoms with van der Waals surface area (Å²) < 4.78 is 10.4. The lowest BCUT2D eigenvalue weighted by molar-refractivity contribution is -0.0204. The van der Waals surface area contributed by atoms with Gasteiger partial charge < -0.3 is 9.47 Å². The maximum absolute atomic E-state index is 11.6. The van der Waals surface area contributed by atoms with Crippen LogP contribution in [0.4, 0.5) is 4.79 Å². The predicted molar refractivity (Wildman–Crippen MR) is 77.2 cm³/mol. The number of ether oxygens (including phenoxy) is 2. The van der Waals surface area contributed by atoms with Gasteiger partial charge in [0.05, 0.1) is 6.61 Å². The van der Waals surface area contributed by atoms with Crippen molar-refractivity contribution < 1.29 is 14.3 Å². The molecule has 0 radical (unpaired) electrons. The molecule has 0 aromatic heterocycles. The van der Waals surface area contributed by atoms with Crippen molar-refractivity contribution >= 4 is 6.16 Å². The molecule has 1 fully saturated rings. The summed E-state index contributed by atoms with van der Waals surface area (Å²) in [6.07, 6.45) is 4.18. The van der Waals surface area contributed by atoms with E-state index in [0.29, 0.717) is 6.61 Å². The molecule has 0 amide bonds. The van der Waals surface area contributed by atoms with Gasteiger partial charge in [-0.05, 0) is 50.7 Å². The second kappa shape index (κ2) is 7.00. The average molecular weight is 272 g/mol. The van der Waals surface area contributed by atoms with Crippen LogP contribution < -0.4 is 0 Å². The molecule has 20 heavy (non-hydrogen) atoms. The van der Waals surface area contributed by atoms with Gasteiger partial charge in [0.25, 0.3) is 0 Å². The first-order valence-electron chi connectivity index (χ1n) is 7.18. The van der Waals surface area contributed by atoms with Crippen molar-refractivity contribution in [1.29, 1.82) is 0 Å². The Morgan fingerprint density at radius 2 is 1.90 bits per heavy atom. The highest BCUT2D eigenvalue weighted by Crippen LogP contribution is 2.31. The molecule has 1 aromatic carbocycles. The molecule has 1 aliphatic rings. The molecule has 0 atom stereocenters. The molecule has 0 saturated heterocycles. The summed E-state index contributed by atoms with van der Waals surface area (Å²) in [7, 11) is 0. The maximum atomic E-state index is 11.6. The second-order valence-corrected chi connectivity index (χ2v) is 4.96. The van der Waals surface area contributed by atoms with Crippen molar-refractivity contribution in [3.63, 3.8) is 0 Å². The Bertz CT molecular complexity index is 490. The van der Waals surface area contributed by atoms with Crippen LogP contribution in [0.1, 0.15) is 44.6 Å². The summed E-state index contributed by atoms with van der Waals surface area (Å²) in [6, 6.07) is 9.76. The summed E-state index contributed by atoms with van der Waals surface area (Å²) >= 11 is 0. The first kappa shape index (κ1) is 14.5. The molecular weight excluding hydrogens is 252 g/mol. The third-order valence-electron chi connectivity index (χ3n) is 3.41. The van der Waals surface area contributed by atoms with Crippen LogP contribution in [0.3, 0.4) is 0 Å². The number of rotatable bonds is 2. The molecule has 0 unspecified atom stereocenters. The smallest absolute Gasteiger partial charge is 0.435 e. The third-order valence-corrected chi connectivity index (χ3v) is 3.41. The Morgan fingerprint density at radius 1 is 1.20 bits per heavy atom. The second-order valence-electron chi connectivity index (χ2n) is 4.96. The van der Waals surface area contributed by atoms with Crippen molar-refractivity contribution in [3.05, 3.63) is 35.9 Å². The maximum Gasteiger partial charge on any atom is 0.509 e. The molecule has 3 heteroatoms. The van der Waals surface area contributed by atoms with Gasteiger partial charge in [-0.25, -0.2) is 4.79 Å². The molecule has 1 aromatic rings. The molecular formula is C17H20O3. The van der Waals surface area contributed by atoms with E-state index in [1.54, 1.807) is 6.92 Å². The summed E-state index contributed by atoms with van der Waals surface area (Å²) in [6.45, 7) is 2.09. The highest BCUT2D eigenvalue weighted by atomic mass is 16.7. The van der Waals surface area contributed by atoms with Gasteiger partial charge in [0, 0.05) is 5.56 Å². The van der Waals surface area contributed by atoms with Gasteiger partial charge in [-0.1, -0.05) is 30.5 Å². The van der Waals surface area contributed by atoms with E-state index in [1.165, 1.54) is 6.42 Å². The Labute approximate surface area is 120 Å². The Kier molecular flexibility index (Phi) is 5.06. The van der Waals surface area contributed by atoms with Crippen LogP contribution in [0.5, 0.6) is 0 Å². The number of hydrogen-bond acceptors (Lipinski definition) is 3. The van der Waals surface area contributed by atoms with E-state index in [0.717, 1.165) is 31.2 Å². The van der Waals surface area contributed by atoms with E-state index in [9.17, 15) is 4.79 Å². The lowest BCUT2D eigenvalue weighted by Gasteiger charge is -2.31. The van der Waals surface area contributed by atoms with Gasteiger partial charge in [-0.15, -0.1) is 0 Å². The highest BCUT2D eigenvalue weighted by molar-refractivity contribution is 5.61. The number of carbonyl (C=O) groups is 1. The Hall–Kier alpha value is -1.95. The molecule has 3 nitrogen and oxygen atoms in total. The fourth-order valence-corrected chi connectivity index (χ4v) is 2.39. The topological polar surface area (TPSA) is 35.5 Å². The molecule has 0 aliphatic heterocycles. The fourth-order valence-electron chi connectivity index (χ4n) is 2.39. The van der Waals surface area contributed by atoms with Crippen LogP contribution in [0, 0.1) is 11.8 Å². The van der Waals surface area contributed by atoms with Crippen LogP contribution in [0.2, 0.25) is 0 Å². The van der Waals surface area contributed by atoms with Crippen LogP contribution in [0.25, 0.3) is 0 Å². The summed E-state index contributed by atoms with van der Waals surface area (Å²) in [5, 5.41) is 0. The fraction of sp³-hybridized carbons (Fsp3) is 0.471. The monoisotopic (exact) mass is 272 g/mol. The zero-order chi connectivity index (χ0) is 14.3. The van der Waals surface area contributed by atoms with Crippen LogP contribution in [-0.4, -0.2) is 18.4 Å². The van der Waals surface area contributed by atoms with E-state index in [4.69, 9.17) is 9.47 Å². The first-order chi connectivity index (χ1) is 9.74. The van der Waals surface area contributed by atoms with Gasteiger partial charge in [-0.3, -0.25) is 0 Å². The average Bonchev–Trinajstić information content (AvgIpc) is 2.47. The van der Waals surface area contributed by atoms with Crippen molar-refractivity contribution in [2.75, 3.05) is 6.61 Å². The van der Waals surface area contributed by atoms with E-state index in [2.05, 4.69) is 11.8 Å². The summed E-state index contributed by atoms with van der Waals surface area (Å²) in [4.78, 5) is 11.6. The molecule has 0 spiro atoms. The van der Waals surface area contributed by atoms with Gasteiger partial charge in [0.1, 0.15) is 0 Å². The van der Waals surface area contributed by atoms with Crippen molar-refractivity contribution in [2.24, 2.45) is 0 Å². The molecule has 1 saturated carbocycles. The third kappa shape index (κ3) is 4.03.